The molecule has 0 aliphatic carbocycles. The summed E-state index contributed by atoms with van der Waals surface area (Å²) >= 11 is 0. The number of hydrogen-bond donors (Lipinski definition) is 1. The zero-order valence-electron chi connectivity index (χ0n) is 47.9. The molecule has 418 valence electrons. The van der Waals surface area contributed by atoms with Gasteiger partial charge in [0.15, 0.2) is 6.10 Å². The van der Waals surface area contributed by atoms with E-state index in [1.807, 2.05) is 0 Å². The summed E-state index contributed by atoms with van der Waals surface area (Å²) in [5, 5.41) is 9.68. The van der Waals surface area contributed by atoms with Crippen molar-refractivity contribution in [3.8, 4) is 0 Å². The van der Waals surface area contributed by atoms with E-state index in [0.717, 1.165) is 83.5 Å². The Labute approximate surface area is 448 Å². The van der Waals surface area contributed by atoms with Crippen LogP contribution >= 0.6 is 0 Å². The minimum absolute atomic E-state index is 0.0687. The second kappa shape index (κ2) is 62.6. The average molecular weight is 1010 g/mol. The first kappa shape index (κ1) is 69.3. The number of rotatable bonds is 58. The first-order valence-electron chi connectivity index (χ1n) is 31.5. The standard InChI is InChI=1S/C67H120O5/c1-3-5-7-9-11-13-15-17-19-21-23-25-27-29-31-32-33-34-36-37-39-41-43-45-47-49-51-53-55-57-59-61-66(69)71-64-65(63-68)72-67(70)62-60-58-56-54-52-50-48-46-44-42-40-38-35-30-28-26-24-22-20-18-16-14-12-10-8-6-4-2/h6,8,12,14,18,20,24,26,30,35,40,42,65,68H,3-5,7,9-11,13,15-17,19,21-23,25,27-29,31-34,36-39,41,43-64H2,1-2H3/b8-6-,14-12-,20-18-,26-24-,35-30-,42-40-. The highest BCUT2D eigenvalue weighted by molar-refractivity contribution is 5.70. The van der Waals surface area contributed by atoms with Gasteiger partial charge in [-0.05, 0) is 64.2 Å². The topological polar surface area (TPSA) is 72.8 Å². The summed E-state index contributed by atoms with van der Waals surface area (Å²) in [7, 11) is 0. The lowest BCUT2D eigenvalue weighted by atomic mass is 10.0. The number of carbonyl (C=O) groups is 2. The Kier molecular flexibility index (Phi) is 60.3. The minimum Gasteiger partial charge on any atom is -0.462 e. The van der Waals surface area contributed by atoms with Gasteiger partial charge in [-0.15, -0.1) is 0 Å². The molecule has 1 N–H and O–H groups in total. The molecule has 0 aromatic heterocycles. The molecule has 0 saturated carbocycles. The first-order chi connectivity index (χ1) is 35.6. The largest absolute Gasteiger partial charge is 0.462 e. The van der Waals surface area contributed by atoms with E-state index in [0.29, 0.717) is 12.8 Å². The van der Waals surface area contributed by atoms with E-state index in [9.17, 15) is 14.7 Å². The van der Waals surface area contributed by atoms with Crippen LogP contribution in [-0.2, 0) is 19.1 Å². The highest BCUT2D eigenvalue weighted by Gasteiger charge is 2.16. The molecule has 1 unspecified atom stereocenters. The van der Waals surface area contributed by atoms with Crippen molar-refractivity contribution >= 4 is 11.9 Å². The third-order valence-electron chi connectivity index (χ3n) is 14.0. The summed E-state index contributed by atoms with van der Waals surface area (Å²) in [6, 6.07) is 0. The zero-order valence-corrected chi connectivity index (χ0v) is 47.9. The predicted octanol–water partition coefficient (Wildman–Crippen LogP) is 21.5. The molecule has 0 aliphatic heterocycles. The van der Waals surface area contributed by atoms with Crippen LogP contribution in [-0.4, -0.2) is 36.4 Å². The number of allylic oxidation sites excluding steroid dienone is 12. The molecule has 0 fully saturated rings. The van der Waals surface area contributed by atoms with Crippen molar-refractivity contribution in [2.45, 2.75) is 328 Å². The van der Waals surface area contributed by atoms with E-state index < -0.39 is 6.10 Å². The maximum absolute atomic E-state index is 12.3. The number of aliphatic hydroxyl groups is 1. The van der Waals surface area contributed by atoms with E-state index >= 15 is 0 Å². The van der Waals surface area contributed by atoms with E-state index in [1.54, 1.807) is 0 Å². The molecule has 0 rings (SSSR count). The molecular formula is C67H120O5. The molecule has 0 amide bonds. The Hall–Kier alpha value is -2.66. The van der Waals surface area contributed by atoms with Crippen LogP contribution < -0.4 is 0 Å². The van der Waals surface area contributed by atoms with Crippen LogP contribution in [0, 0.1) is 0 Å². The molecule has 0 saturated heterocycles. The fourth-order valence-electron chi connectivity index (χ4n) is 9.33. The van der Waals surface area contributed by atoms with Crippen LogP contribution in [0.4, 0.5) is 0 Å². The van der Waals surface area contributed by atoms with Crippen molar-refractivity contribution in [2.75, 3.05) is 13.2 Å². The van der Waals surface area contributed by atoms with Crippen LogP contribution in [0.5, 0.6) is 0 Å². The number of aliphatic hydroxyl groups excluding tert-OH is 1. The van der Waals surface area contributed by atoms with Crippen LogP contribution in [0.15, 0.2) is 72.9 Å². The fraction of sp³-hybridized carbons (Fsp3) is 0.791. The molecule has 0 aromatic carbocycles. The summed E-state index contributed by atoms with van der Waals surface area (Å²) in [6.07, 6.45) is 86.2. The van der Waals surface area contributed by atoms with Crippen LogP contribution in [0.1, 0.15) is 322 Å². The average Bonchev–Trinajstić information content (AvgIpc) is 3.38. The van der Waals surface area contributed by atoms with Crippen LogP contribution in [0.25, 0.3) is 0 Å². The lowest BCUT2D eigenvalue weighted by molar-refractivity contribution is -0.161. The van der Waals surface area contributed by atoms with Crippen molar-refractivity contribution in [1.82, 2.24) is 0 Å². The van der Waals surface area contributed by atoms with Gasteiger partial charge in [-0.1, -0.05) is 318 Å². The van der Waals surface area contributed by atoms with Crippen molar-refractivity contribution in [3.05, 3.63) is 72.9 Å². The summed E-state index contributed by atoms with van der Waals surface area (Å²) in [5.41, 5.74) is 0. The summed E-state index contributed by atoms with van der Waals surface area (Å²) in [6.45, 7) is 4.06. The lowest BCUT2D eigenvalue weighted by Crippen LogP contribution is -2.28. The molecule has 1 atom stereocenters. The highest BCUT2D eigenvalue weighted by Crippen LogP contribution is 2.18. The molecule has 0 aromatic rings. The first-order valence-corrected chi connectivity index (χ1v) is 31.5. The number of esters is 2. The molecule has 5 nitrogen and oxygen atoms in total. The van der Waals surface area contributed by atoms with Gasteiger partial charge < -0.3 is 14.6 Å². The Morgan fingerprint density at radius 3 is 0.903 bits per heavy atom. The zero-order chi connectivity index (χ0) is 52.0. The third-order valence-corrected chi connectivity index (χ3v) is 14.0. The van der Waals surface area contributed by atoms with Gasteiger partial charge >= 0.3 is 11.9 Å². The summed E-state index contributed by atoms with van der Waals surface area (Å²) in [4.78, 5) is 24.6. The van der Waals surface area contributed by atoms with Gasteiger partial charge in [-0.3, -0.25) is 9.59 Å². The molecule has 0 bridgehead atoms. The second-order valence-corrected chi connectivity index (χ2v) is 21.1. The van der Waals surface area contributed by atoms with E-state index in [1.165, 1.54) is 212 Å². The Morgan fingerprint density at radius 1 is 0.333 bits per heavy atom. The number of hydrogen-bond acceptors (Lipinski definition) is 5. The smallest absolute Gasteiger partial charge is 0.306 e. The van der Waals surface area contributed by atoms with Crippen molar-refractivity contribution in [1.29, 1.82) is 0 Å². The Morgan fingerprint density at radius 2 is 0.597 bits per heavy atom. The van der Waals surface area contributed by atoms with Gasteiger partial charge in [-0.25, -0.2) is 0 Å². The second-order valence-electron chi connectivity index (χ2n) is 21.1. The third kappa shape index (κ3) is 59.9. The molecule has 0 aliphatic rings. The van der Waals surface area contributed by atoms with Gasteiger partial charge in [-0.2, -0.15) is 0 Å². The molecule has 0 heterocycles. The van der Waals surface area contributed by atoms with E-state index in [2.05, 4.69) is 86.8 Å². The number of unbranched alkanes of at least 4 members (excludes halogenated alkanes) is 38. The SMILES string of the molecule is CC/C=C\C/C=C\C/C=C\C/C=C\C/C=C\C/C=C\CCCCCCCCCCC(=O)OC(CO)COC(=O)CCCCCCCCCCCCCCCCCCCCCCCCCCCCCCCCC. The van der Waals surface area contributed by atoms with Crippen LogP contribution in [0.3, 0.4) is 0 Å². The van der Waals surface area contributed by atoms with Gasteiger partial charge in [0.05, 0.1) is 6.61 Å². The van der Waals surface area contributed by atoms with E-state index in [4.69, 9.17) is 9.47 Å². The molecular weight excluding hydrogens is 885 g/mol. The Bertz CT molecular complexity index is 1270. The van der Waals surface area contributed by atoms with Crippen molar-refractivity contribution in [2.24, 2.45) is 0 Å². The molecule has 0 spiro atoms. The Balaban J connectivity index is 3.46. The quantitative estimate of drug-likeness (QED) is 0.0373. The number of ether oxygens (including phenoxy) is 2. The summed E-state index contributed by atoms with van der Waals surface area (Å²) in [5.74, 6) is -0.589. The summed E-state index contributed by atoms with van der Waals surface area (Å²) < 4.78 is 10.7. The maximum atomic E-state index is 12.3. The lowest BCUT2D eigenvalue weighted by Gasteiger charge is -2.15. The van der Waals surface area contributed by atoms with Gasteiger partial charge in [0.25, 0.3) is 0 Å². The minimum atomic E-state index is -0.780. The maximum Gasteiger partial charge on any atom is 0.306 e. The monoisotopic (exact) mass is 1000 g/mol. The number of carbonyl (C=O) groups excluding carboxylic acids is 2. The van der Waals surface area contributed by atoms with Gasteiger partial charge in [0.1, 0.15) is 6.61 Å². The van der Waals surface area contributed by atoms with Crippen molar-refractivity contribution < 1.29 is 24.2 Å². The highest BCUT2D eigenvalue weighted by atomic mass is 16.6. The fourth-order valence-corrected chi connectivity index (χ4v) is 9.33. The van der Waals surface area contributed by atoms with Crippen LogP contribution in [0.2, 0.25) is 0 Å². The van der Waals surface area contributed by atoms with E-state index in [-0.39, 0.29) is 25.2 Å². The van der Waals surface area contributed by atoms with Gasteiger partial charge in [0, 0.05) is 12.8 Å². The van der Waals surface area contributed by atoms with Gasteiger partial charge in [0.2, 0.25) is 0 Å². The molecule has 0 radical (unpaired) electrons. The predicted molar refractivity (Wildman–Crippen MR) is 316 cm³/mol. The normalized spacial score (nSPS) is 12.7. The van der Waals surface area contributed by atoms with Crippen molar-refractivity contribution in [3.63, 3.8) is 0 Å². The molecule has 72 heavy (non-hydrogen) atoms. The molecule has 5 heteroatoms.